The largest absolute Gasteiger partial charge is 0.484 e. The highest BCUT2D eigenvalue weighted by Crippen LogP contribution is 2.30. The molecule has 0 amide bonds. The summed E-state index contributed by atoms with van der Waals surface area (Å²) in [5.41, 5.74) is 4.90. The number of nitrogens with zero attached hydrogens (tertiary/aromatic N) is 1. The maximum Gasteiger partial charge on any atom is 0.323 e. The third-order valence-electron chi connectivity index (χ3n) is 3.16. The normalized spacial score (nSPS) is 15.0. The Bertz CT molecular complexity index is 542. The van der Waals surface area contributed by atoms with E-state index in [9.17, 15) is 14.9 Å². The van der Waals surface area contributed by atoms with Gasteiger partial charge in [0.1, 0.15) is 5.54 Å². The quantitative estimate of drug-likeness (QED) is 0.588. The lowest BCUT2D eigenvalue weighted by Gasteiger charge is -2.24. The first-order chi connectivity index (χ1) is 9.67. The number of benzene rings is 1. The first-order valence-electron chi connectivity index (χ1n) is 6.63. The summed E-state index contributed by atoms with van der Waals surface area (Å²) in [6.45, 7) is 4.91. The van der Waals surface area contributed by atoms with E-state index in [-0.39, 0.29) is 17.9 Å². The van der Waals surface area contributed by atoms with Gasteiger partial charge in [0, 0.05) is 12.5 Å². The third-order valence-corrected chi connectivity index (χ3v) is 3.16. The molecule has 21 heavy (non-hydrogen) atoms. The molecule has 2 unspecified atom stereocenters. The first kappa shape index (κ1) is 16.9. The first-order valence-corrected chi connectivity index (χ1v) is 6.63. The monoisotopic (exact) mass is 296 g/mol. The summed E-state index contributed by atoms with van der Waals surface area (Å²) in [5, 5.41) is 20.1. The van der Waals surface area contributed by atoms with E-state index >= 15 is 0 Å². The van der Waals surface area contributed by atoms with E-state index in [0.717, 1.165) is 5.56 Å². The molecule has 0 aliphatic rings. The van der Waals surface area contributed by atoms with Crippen molar-refractivity contribution in [1.82, 2.24) is 0 Å². The Balaban J connectivity index is 2.92. The fourth-order valence-electron chi connectivity index (χ4n) is 1.97. The molecule has 1 rings (SSSR count). The van der Waals surface area contributed by atoms with E-state index in [4.69, 9.17) is 15.6 Å². The molecule has 0 aliphatic heterocycles. The minimum atomic E-state index is -1.45. The fraction of sp³-hybridized carbons (Fsp3) is 0.500. The van der Waals surface area contributed by atoms with Crippen LogP contribution in [0.15, 0.2) is 18.2 Å². The van der Waals surface area contributed by atoms with Gasteiger partial charge in [-0.3, -0.25) is 14.9 Å². The van der Waals surface area contributed by atoms with Crippen LogP contribution >= 0.6 is 0 Å². The van der Waals surface area contributed by atoms with Crippen molar-refractivity contribution in [2.75, 3.05) is 0 Å². The molecule has 0 fully saturated rings. The summed E-state index contributed by atoms with van der Waals surface area (Å²) in [6.07, 6.45) is 0.147. The number of rotatable bonds is 7. The highest BCUT2D eigenvalue weighted by atomic mass is 16.6. The lowest BCUT2D eigenvalue weighted by atomic mass is 9.96. The van der Waals surface area contributed by atoms with Crippen molar-refractivity contribution in [3.05, 3.63) is 33.9 Å². The lowest BCUT2D eigenvalue weighted by Crippen LogP contribution is -2.47. The number of carboxylic acids is 1. The van der Waals surface area contributed by atoms with Crippen molar-refractivity contribution in [1.29, 1.82) is 0 Å². The smallest absolute Gasteiger partial charge is 0.323 e. The summed E-state index contributed by atoms with van der Waals surface area (Å²) in [6, 6.07) is 4.73. The van der Waals surface area contributed by atoms with Crippen LogP contribution in [0.1, 0.15) is 32.8 Å². The number of carboxylic acid groups (broad SMARTS) is 1. The van der Waals surface area contributed by atoms with E-state index in [1.54, 1.807) is 13.0 Å². The molecule has 0 aliphatic carbocycles. The molecule has 0 saturated carbocycles. The van der Waals surface area contributed by atoms with Crippen molar-refractivity contribution in [2.24, 2.45) is 5.73 Å². The number of nitro groups is 1. The topological polar surface area (TPSA) is 116 Å². The van der Waals surface area contributed by atoms with Gasteiger partial charge in [-0.1, -0.05) is 13.0 Å². The van der Waals surface area contributed by atoms with E-state index in [1.807, 2.05) is 6.92 Å². The Morgan fingerprint density at radius 3 is 2.67 bits per heavy atom. The van der Waals surface area contributed by atoms with Gasteiger partial charge in [0.05, 0.1) is 11.0 Å². The zero-order valence-electron chi connectivity index (χ0n) is 12.3. The second-order valence-corrected chi connectivity index (χ2v) is 5.27. The van der Waals surface area contributed by atoms with Gasteiger partial charge in [0.2, 0.25) is 0 Å². The van der Waals surface area contributed by atoms with Crippen LogP contribution in [-0.4, -0.2) is 27.6 Å². The molecule has 7 heteroatoms. The van der Waals surface area contributed by atoms with Crippen LogP contribution in [0, 0.1) is 10.1 Å². The van der Waals surface area contributed by atoms with Crippen LogP contribution in [0.3, 0.4) is 0 Å². The minimum absolute atomic E-state index is 0.0367. The predicted octanol–water partition coefficient (Wildman–Crippen LogP) is 2.12. The lowest BCUT2D eigenvalue weighted by molar-refractivity contribution is -0.386. The van der Waals surface area contributed by atoms with Crippen LogP contribution in [0.2, 0.25) is 0 Å². The van der Waals surface area contributed by atoms with E-state index in [1.165, 1.54) is 19.1 Å². The standard InChI is InChI=1S/C14H20N2O5/c1-4-10-5-6-12(11(7-10)16(19)20)21-9(2)8-14(3,15)13(17)18/h5-7,9H,4,8,15H2,1-3H3,(H,17,18). The average Bonchev–Trinajstić information content (AvgIpc) is 2.37. The number of nitro benzene ring substituents is 1. The predicted molar refractivity (Wildman–Crippen MR) is 77.4 cm³/mol. The summed E-state index contributed by atoms with van der Waals surface area (Å²) >= 11 is 0. The molecule has 3 N–H and O–H groups in total. The number of hydrogen-bond acceptors (Lipinski definition) is 5. The van der Waals surface area contributed by atoms with Crippen molar-refractivity contribution in [3.8, 4) is 5.75 Å². The van der Waals surface area contributed by atoms with Gasteiger partial charge in [-0.2, -0.15) is 0 Å². The van der Waals surface area contributed by atoms with Crippen molar-refractivity contribution in [2.45, 2.75) is 45.3 Å². The van der Waals surface area contributed by atoms with Crippen molar-refractivity contribution < 1.29 is 19.6 Å². The molecular weight excluding hydrogens is 276 g/mol. The van der Waals surface area contributed by atoms with Crippen LogP contribution in [0.4, 0.5) is 5.69 Å². The second kappa shape index (κ2) is 6.53. The molecular formula is C14H20N2O5. The summed E-state index contributed by atoms with van der Waals surface area (Å²) < 4.78 is 5.51. The van der Waals surface area contributed by atoms with Crippen molar-refractivity contribution in [3.63, 3.8) is 0 Å². The fourth-order valence-corrected chi connectivity index (χ4v) is 1.97. The van der Waals surface area contributed by atoms with Gasteiger partial charge >= 0.3 is 11.7 Å². The van der Waals surface area contributed by atoms with Gasteiger partial charge in [-0.05, 0) is 31.9 Å². The Morgan fingerprint density at radius 2 is 2.19 bits per heavy atom. The zero-order valence-corrected chi connectivity index (χ0v) is 12.3. The molecule has 0 heterocycles. The van der Waals surface area contributed by atoms with Crippen LogP contribution in [0.25, 0.3) is 0 Å². The molecule has 1 aromatic carbocycles. The number of ether oxygens (including phenoxy) is 1. The third kappa shape index (κ3) is 4.42. The highest BCUT2D eigenvalue weighted by Gasteiger charge is 2.31. The molecule has 0 spiro atoms. The summed E-state index contributed by atoms with van der Waals surface area (Å²) in [7, 11) is 0. The molecule has 0 bridgehead atoms. The Morgan fingerprint density at radius 1 is 1.57 bits per heavy atom. The van der Waals surface area contributed by atoms with Gasteiger partial charge < -0.3 is 15.6 Å². The Hall–Kier alpha value is -2.15. The van der Waals surface area contributed by atoms with Gasteiger partial charge in [0.15, 0.2) is 5.75 Å². The maximum absolute atomic E-state index is 11.1. The SMILES string of the molecule is CCc1ccc(OC(C)CC(C)(N)C(=O)O)c([N+](=O)[O-])c1. The Kier molecular flexibility index (Phi) is 5.26. The van der Waals surface area contributed by atoms with Crippen LogP contribution in [-0.2, 0) is 11.2 Å². The molecule has 0 saturated heterocycles. The number of aliphatic carboxylic acids is 1. The molecule has 0 aromatic heterocycles. The summed E-state index contributed by atoms with van der Waals surface area (Å²) in [5.74, 6) is -1.03. The molecule has 7 nitrogen and oxygen atoms in total. The molecule has 0 radical (unpaired) electrons. The maximum atomic E-state index is 11.1. The highest BCUT2D eigenvalue weighted by molar-refractivity contribution is 5.77. The number of aryl methyl sites for hydroxylation is 1. The number of nitrogens with two attached hydrogens (primary N) is 1. The van der Waals surface area contributed by atoms with E-state index in [0.29, 0.717) is 6.42 Å². The Labute approximate surface area is 122 Å². The zero-order chi connectivity index (χ0) is 16.2. The molecule has 116 valence electrons. The molecule has 1 aromatic rings. The van der Waals surface area contributed by atoms with Crippen molar-refractivity contribution >= 4 is 11.7 Å². The van der Waals surface area contributed by atoms with Gasteiger partial charge in [-0.15, -0.1) is 0 Å². The van der Waals surface area contributed by atoms with Crippen LogP contribution in [0.5, 0.6) is 5.75 Å². The summed E-state index contributed by atoms with van der Waals surface area (Å²) in [4.78, 5) is 21.5. The number of carbonyl (C=O) groups is 1. The van der Waals surface area contributed by atoms with E-state index in [2.05, 4.69) is 0 Å². The second-order valence-electron chi connectivity index (χ2n) is 5.27. The van der Waals surface area contributed by atoms with E-state index < -0.39 is 22.5 Å². The van der Waals surface area contributed by atoms with Crippen LogP contribution < -0.4 is 10.5 Å². The van der Waals surface area contributed by atoms with Gasteiger partial charge in [0.25, 0.3) is 0 Å². The average molecular weight is 296 g/mol. The molecule has 2 atom stereocenters. The van der Waals surface area contributed by atoms with Gasteiger partial charge in [-0.25, -0.2) is 0 Å². The minimum Gasteiger partial charge on any atom is -0.484 e. The number of hydrogen-bond donors (Lipinski definition) is 2.